The van der Waals surface area contributed by atoms with Crippen LogP contribution in [0.1, 0.15) is 35.2 Å². The SMILES string of the molecule is Cc1ccc(C(C)NC(CO)Cc2ccccc2)c(C)c1. The van der Waals surface area contributed by atoms with Crippen molar-refractivity contribution in [1.82, 2.24) is 5.32 Å². The zero-order valence-electron chi connectivity index (χ0n) is 13.1. The molecule has 21 heavy (non-hydrogen) atoms. The van der Waals surface area contributed by atoms with Crippen molar-refractivity contribution in [1.29, 1.82) is 0 Å². The molecule has 0 fully saturated rings. The summed E-state index contributed by atoms with van der Waals surface area (Å²) in [6.07, 6.45) is 0.840. The molecule has 2 aromatic rings. The van der Waals surface area contributed by atoms with Crippen LogP contribution in [0.5, 0.6) is 0 Å². The minimum absolute atomic E-state index is 0.0723. The first-order valence-corrected chi connectivity index (χ1v) is 7.58. The molecule has 2 aromatic carbocycles. The van der Waals surface area contributed by atoms with Crippen LogP contribution >= 0.6 is 0 Å². The predicted molar refractivity (Wildman–Crippen MR) is 88.5 cm³/mol. The smallest absolute Gasteiger partial charge is 0.0588 e. The Kier molecular flexibility index (Phi) is 5.54. The Morgan fingerprint density at radius 3 is 2.38 bits per heavy atom. The van der Waals surface area contributed by atoms with Crippen LogP contribution in [0.2, 0.25) is 0 Å². The van der Waals surface area contributed by atoms with E-state index in [0.29, 0.717) is 0 Å². The van der Waals surface area contributed by atoms with E-state index in [9.17, 15) is 5.11 Å². The topological polar surface area (TPSA) is 32.3 Å². The third-order valence-corrected chi connectivity index (χ3v) is 3.92. The second kappa shape index (κ2) is 7.39. The second-order valence-electron chi connectivity index (χ2n) is 5.82. The molecular weight excluding hydrogens is 258 g/mol. The van der Waals surface area contributed by atoms with Gasteiger partial charge in [0.2, 0.25) is 0 Å². The fourth-order valence-electron chi connectivity index (χ4n) is 2.83. The first-order valence-electron chi connectivity index (χ1n) is 7.58. The standard InChI is InChI=1S/C19H25NO/c1-14-9-10-19(15(2)11-14)16(3)20-18(13-21)12-17-7-5-4-6-8-17/h4-11,16,18,20-21H,12-13H2,1-3H3. The van der Waals surface area contributed by atoms with Gasteiger partial charge in [0.1, 0.15) is 0 Å². The molecule has 0 heterocycles. The molecule has 2 heteroatoms. The minimum atomic E-state index is 0.0723. The van der Waals surface area contributed by atoms with Crippen LogP contribution in [0.25, 0.3) is 0 Å². The van der Waals surface area contributed by atoms with E-state index in [4.69, 9.17) is 0 Å². The average molecular weight is 283 g/mol. The summed E-state index contributed by atoms with van der Waals surface area (Å²) < 4.78 is 0. The summed E-state index contributed by atoms with van der Waals surface area (Å²) in [5, 5.41) is 13.2. The Labute approximate surface area is 127 Å². The maximum absolute atomic E-state index is 9.63. The van der Waals surface area contributed by atoms with Crippen molar-refractivity contribution < 1.29 is 5.11 Å². The summed E-state index contributed by atoms with van der Waals surface area (Å²) in [6, 6.07) is 17.1. The van der Waals surface area contributed by atoms with Crippen molar-refractivity contribution in [2.75, 3.05) is 6.61 Å². The van der Waals surface area contributed by atoms with Gasteiger partial charge in [0.25, 0.3) is 0 Å². The molecule has 0 aliphatic rings. The van der Waals surface area contributed by atoms with Gasteiger partial charge < -0.3 is 10.4 Å². The maximum Gasteiger partial charge on any atom is 0.0588 e. The summed E-state index contributed by atoms with van der Waals surface area (Å²) in [4.78, 5) is 0. The molecule has 2 rings (SSSR count). The van der Waals surface area contributed by atoms with Gasteiger partial charge >= 0.3 is 0 Å². The molecule has 0 amide bonds. The average Bonchev–Trinajstić information content (AvgIpc) is 2.47. The highest BCUT2D eigenvalue weighted by Crippen LogP contribution is 2.19. The number of rotatable bonds is 6. The number of benzene rings is 2. The minimum Gasteiger partial charge on any atom is -0.395 e. The molecule has 0 radical (unpaired) electrons. The first kappa shape index (κ1) is 15.7. The van der Waals surface area contributed by atoms with Gasteiger partial charge in [-0.15, -0.1) is 0 Å². The largest absolute Gasteiger partial charge is 0.395 e. The highest BCUT2D eigenvalue weighted by atomic mass is 16.3. The third kappa shape index (κ3) is 4.42. The number of aliphatic hydroxyl groups excluding tert-OH is 1. The van der Waals surface area contributed by atoms with E-state index >= 15 is 0 Å². The zero-order valence-corrected chi connectivity index (χ0v) is 13.1. The lowest BCUT2D eigenvalue weighted by Gasteiger charge is -2.23. The number of hydrogen-bond donors (Lipinski definition) is 2. The maximum atomic E-state index is 9.63. The number of hydrogen-bond acceptors (Lipinski definition) is 2. The van der Waals surface area contributed by atoms with Gasteiger partial charge in [-0.3, -0.25) is 0 Å². The predicted octanol–water partition coefficient (Wildman–Crippen LogP) is 3.56. The van der Waals surface area contributed by atoms with E-state index in [1.165, 1.54) is 22.3 Å². The Bertz CT molecular complexity index is 565. The summed E-state index contributed by atoms with van der Waals surface area (Å²) >= 11 is 0. The first-order chi connectivity index (χ1) is 10.1. The van der Waals surface area contributed by atoms with E-state index in [0.717, 1.165) is 6.42 Å². The zero-order chi connectivity index (χ0) is 15.2. The van der Waals surface area contributed by atoms with Gasteiger partial charge in [0.05, 0.1) is 6.61 Å². The normalized spacial score (nSPS) is 13.9. The van der Waals surface area contributed by atoms with Gasteiger partial charge in [0.15, 0.2) is 0 Å². The molecule has 0 aliphatic carbocycles. The van der Waals surface area contributed by atoms with Crippen LogP contribution in [0.4, 0.5) is 0 Å². The molecule has 0 bridgehead atoms. The van der Waals surface area contributed by atoms with Crippen molar-refractivity contribution in [2.24, 2.45) is 0 Å². The molecule has 0 spiro atoms. The number of aliphatic hydroxyl groups is 1. The Hall–Kier alpha value is -1.64. The van der Waals surface area contributed by atoms with E-state index in [1.807, 2.05) is 18.2 Å². The molecule has 0 saturated carbocycles. The van der Waals surface area contributed by atoms with Crippen LogP contribution in [-0.2, 0) is 6.42 Å². The summed E-state index contributed by atoms with van der Waals surface area (Å²) in [6.45, 7) is 6.56. The lowest BCUT2D eigenvalue weighted by Crippen LogP contribution is -2.36. The van der Waals surface area contributed by atoms with Crippen LogP contribution in [-0.4, -0.2) is 17.8 Å². The van der Waals surface area contributed by atoms with Gasteiger partial charge in [-0.25, -0.2) is 0 Å². The van der Waals surface area contributed by atoms with Crippen molar-refractivity contribution in [2.45, 2.75) is 39.3 Å². The molecule has 2 unspecified atom stereocenters. The van der Waals surface area contributed by atoms with E-state index in [-0.39, 0.29) is 18.7 Å². The molecular formula is C19H25NO. The van der Waals surface area contributed by atoms with Crippen LogP contribution < -0.4 is 5.32 Å². The summed E-state index contributed by atoms with van der Waals surface area (Å²) in [7, 11) is 0. The fourth-order valence-corrected chi connectivity index (χ4v) is 2.83. The number of aryl methyl sites for hydroxylation is 2. The van der Waals surface area contributed by atoms with Crippen molar-refractivity contribution in [3.63, 3.8) is 0 Å². The van der Waals surface area contributed by atoms with Crippen LogP contribution in [0.3, 0.4) is 0 Å². The lowest BCUT2D eigenvalue weighted by molar-refractivity contribution is 0.232. The van der Waals surface area contributed by atoms with E-state index in [1.54, 1.807) is 0 Å². The molecule has 0 saturated heterocycles. The molecule has 0 aliphatic heterocycles. The Morgan fingerprint density at radius 1 is 1.05 bits per heavy atom. The van der Waals surface area contributed by atoms with Gasteiger partial charge in [-0.05, 0) is 43.9 Å². The van der Waals surface area contributed by atoms with Gasteiger partial charge in [-0.1, -0.05) is 54.1 Å². The van der Waals surface area contributed by atoms with Crippen LogP contribution in [0, 0.1) is 13.8 Å². The monoisotopic (exact) mass is 283 g/mol. The second-order valence-corrected chi connectivity index (χ2v) is 5.82. The van der Waals surface area contributed by atoms with Gasteiger partial charge in [0, 0.05) is 12.1 Å². The fraction of sp³-hybridized carbons (Fsp3) is 0.368. The van der Waals surface area contributed by atoms with E-state index in [2.05, 4.69) is 56.4 Å². The van der Waals surface area contributed by atoms with Gasteiger partial charge in [-0.2, -0.15) is 0 Å². The Balaban J connectivity index is 2.04. The molecule has 2 nitrogen and oxygen atoms in total. The summed E-state index contributed by atoms with van der Waals surface area (Å²) in [5.41, 5.74) is 5.13. The summed E-state index contributed by atoms with van der Waals surface area (Å²) in [5.74, 6) is 0. The Morgan fingerprint density at radius 2 is 1.76 bits per heavy atom. The van der Waals surface area contributed by atoms with Crippen molar-refractivity contribution in [3.8, 4) is 0 Å². The molecule has 2 atom stereocenters. The van der Waals surface area contributed by atoms with Crippen molar-refractivity contribution >= 4 is 0 Å². The molecule has 112 valence electrons. The van der Waals surface area contributed by atoms with Crippen LogP contribution in [0.15, 0.2) is 48.5 Å². The quantitative estimate of drug-likeness (QED) is 0.849. The third-order valence-electron chi connectivity index (χ3n) is 3.92. The van der Waals surface area contributed by atoms with E-state index < -0.39 is 0 Å². The number of nitrogens with one attached hydrogen (secondary N) is 1. The highest BCUT2D eigenvalue weighted by molar-refractivity contribution is 5.32. The molecule has 0 aromatic heterocycles. The highest BCUT2D eigenvalue weighted by Gasteiger charge is 2.14. The molecule has 2 N–H and O–H groups in total. The van der Waals surface area contributed by atoms with Crippen molar-refractivity contribution in [3.05, 3.63) is 70.8 Å². The lowest BCUT2D eigenvalue weighted by atomic mass is 9.98.